The minimum atomic E-state index is -0.0849. The van der Waals surface area contributed by atoms with Crippen molar-refractivity contribution in [2.75, 3.05) is 18.9 Å². The van der Waals surface area contributed by atoms with Crippen molar-refractivity contribution in [3.63, 3.8) is 0 Å². The molecule has 104 valence electrons. The van der Waals surface area contributed by atoms with Crippen LogP contribution in [0.15, 0.2) is 28.8 Å². The number of rotatable bonds is 3. The van der Waals surface area contributed by atoms with Gasteiger partial charge in [0.2, 0.25) is 5.89 Å². The average molecular weight is 271 g/mol. The molecule has 4 rings (SSSR count). The Hall–Kier alpha value is -1.88. The lowest BCUT2D eigenvalue weighted by molar-refractivity contribution is 0.192. The molecule has 0 spiro atoms. The summed E-state index contributed by atoms with van der Waals surface area (Å²) in [4.78, 5) is 4.64. The maximum Gasteiger partial charge on any atom is 0.237 e. The summed E-state index contributed by atoms with van der Waals surface area (Å²) in [6.45, 7) is 1.49. The van der Waals surface area contributed by atoms with E-state index in [9.17, 15) is 0 Å². The molecule has 2 aliphatic rings. The summed E-state index contributed by atoms with van der Waals surface area (Å²) >= 11 is 0. The first kappa shape index (κ1) is 11.9. The summed E-state index contributed by atoms with van der Waals surface area (Å²) in [5.74, 6) is 1.82. The van der Waals surface area contributed by atoms with E-state index in [1.54, 1.807) is 0 Å². The SMILES string of the molecule is Nc1ccc(C2(c3nc(C4CCOC4)no3)CC2)cc1. The predicted molar refractivity (Wildman–Crippen MR) is 73.3 cm³/mol. The first-order valence-electron chi connectivity index (χ1n) is 7.06. The Morgan fingerprint density at radius 1 is 1.20 bits per heavy atom. The van der Waals surface area contributed by atoms with Gasteiger partial charge >= 0.3 is 0 Å². The van der Waals surface area contributed by atoms with Gasteiger partial charge in [-0.2, -0.15) is 4.98 Å². The van der Waals surface area contributed by atoms with Crippen molar-refractivity contribution < 1.29 is 9.26 Å². The molecule has 20 heavy (non-hydrogen) atoms. The van der Waals surface area contributed by atoms with Crippen LogP contribution in [-0.4, -0.2) is 23.4 Å². The molecule has 1 aliphatic heterocycles. The smallest absolute Gasteiger partial charge is 0.237 e. The van der Waals surface area contributed by atoms with Crippen LogP contribution in [-0.2, 0) is 10.2 Å². The second kappa shape index (κ2) is 4.31. The van der Waals surface area contributed by atoms with Gasteiger partial charge in [0.15, 0.2) is 5.82 Å². The summed E-state index contributed by atoms with van der Waals surface area (Å²) < 4.78 is 10.9. The Morgan fingerprint density at radius 3 is 2.65 bits per heavy atom. The van der Waals surface area contributed by atoms with Crippen molar-refractivity contribution >= 4 is 5.69 Å². The first-order chi connectivity index (χ1) is 9.78. The molecule has 1 saturated carbocycles. The van der Waals surface area contributed by atoms with Gasteiger partial charge in [-0.05, 0) is 37.0 Å². The molecule has 2 heterocycles. The molecule has 1 saturated heterocycles. The second-order valence-corrected chi connectivity index (χ2v) is 5.72. The van der Waals surface area contributed by atoms with E-state index in [1.807, 2.05) is 12.1 Å². The van der Waals surface area contributed by atoms with E-state index in [-0.39, 0.29) is 11.3 Å². The minimum Gasteiger partial charge on any atom is -0.399 e. The third kappa shape index (κ3) is 1.81. The molecule has 1 atom stereocenters. The Morgan fingerprint density at radius 2 is 2.00 bits per heavy atom. The maximum absolute atomic E-state index is 5.75. The number of nitrogens with two attached hydrogens (primary N) is 1. The zero-order valence-corrected chi connectivity index (χ0v) is 11.2. The lowest BCUT2D eigenvalue weighted by Gasteiger charge is -2.10. The highest BCUT2D eigenvalue weighted by Crippen LogP contribution is 2.53. The molecule has 5 nitrogen and oxygen atoms in total. The predicted octanol–water partition coefficient (Wildman–Crippen LogP) is 2.24. The van der Waals surface area contributed by atoms with E-state index in [1.165, 1.54) is 5.56 Å². The van der Waals surface area contributed by atoms with Crippen LogP contribution in [0.25, 0.3) is 0 Å². The summed E-state index contributed by atoms with van der Waals surface area (Å²) in [6, 6.07) is 7.98. The molecule has 2 aromatic rings. The van der Waals surface area contributed by atoms with Crippen LogP contribution in [0.3, 0.4) is 0 Å². The summed E-state index contributed by atoms with van der Waals surface area (Å²) in [6.07, 6.45) is 3.09. The quantitative estimate of drug-likeness (QED) is 0.866. The number of nitrogens with zero attached hydrogens (tertiary/aromatic N) is 2. The molecule has 1 aliphatic carbocycles. The summed E-state index contributed by atoms with van der Waals surface area (Å²) in [5, 5.41) is 4.16. The molecule has 1 aromatic heterocycles. The highest BCUT2D eigenvalue weighted by Gasteiger charge is 2.51. The lowest BCUT2D eigenvalue weighted by atomic mass is 9.95. The van der Waals surface area contributed by atoms with Gasteiger partial charge in [-0.25, -0.2) is 0 Å². The van der Waals surface area contributed by atoms with Crippen LogP contribution in [0.1, 0.15) is 42.5 Å². The van der Waals surface area contributed by atoms with Crippen LogP contribution in [0, 0.1) is 0 Å². The van der Waals surface area contributed by atoms with Crippen LogP contribution in [0.4, 0.5) is 5.69 Å². The normalized spacial score (nSPS) is 23.9. The zero-order valence-electron chi connectivity index (χ0n) is 11.2. The fraction of sp³-hybridized carbons (Fsp3) is 0.467. The van der Waals surface area contributed by atoms with Gasteiger partial charge < -0.3 is 15.0 Å². The lowest BCUT2D eigenvalue weighted by Crippen LogP contribution is -2.10. The monoisotopic (exact) mass is 271 g/mol. The molecule has 5 heteroatoms. The topological polar surface area (TPSA) is 74.2 Å². The van der Waals surface area contributed by atoms with Crippen molar-refractivity contribution in [3.8, 4) is 0 Å². The first-order valence-corrected chi connectivity index (χ1v) is 7.06. The van der Waals surface area contributed by atoms with Crippen molar-refractivity contribution in [1.82, 2.24) is 10.1 Å². The number of aromatic nitrogens is 2. The Kier molecular flexibility index (Phi) is 2.57. The van der Waals surface area contributed by atoms with Crippen LogP contribution in [0.5, 0.6) is 0 Å². The number of benzene rings is 1. The summed E-state index contributed by atoms with van der Waals surface area (Å²) in [7, 11) is 0. The number of nitrogen functional groups attached to an aromatic ring is 1. The maximum atomic E-state index is 5.75. The molecular formula is C15H17N3O2. The summed E-state index contributed by atoms with van der Waals surface area (Å²) in [5.41, 5.74) is 7.65. The zero-order chi connectivity index (χ0) is 13.6. The fourth-order valence-corrected chi connectivity index (χ4v) is 2.89. The van der Waals surface area contributed by atoms with E-state index >= 15 is 0 Å². The number of anilines is 1. The molecule has 2 fully saturated rings. The van der Waals surface area contributed by atoms with Gasteiger partial charge in [0, 0.05) is 18.2 Å². The minimum absolute atomic E-state index is 0.0849. The van der Waals surface area contributed by atoms with Gasteiger partial charge in [0.05, 0.1) is 12.0 Å². The van der Waals surface area contributed by atoms with Crippen molar-refractivity contribution in [1.29, 1.82) is 0 Å². The van der Waals surface area contributed by atoms with Crippen LogP contribution >= 0.6 is 0 Å². The average Bonchev–Trinajstić information content (AvgIpc) is 2.93. The van der Waals surface area contributed by atoms with E-state index in [4.69, 9.17) is 15.0 Å². The van der Waals surface area contributed by atoms with E-state index < -0.39 is 0 Å². The fourth-order valence-electron chi connectivity index (χ4n) is 2.89. The molecule has 1 aromatic carbocycles. The van der Waals surface area contributed by atoms with Crippen molar-refractivity contribution in [3.05, 3.63) is 41.5 Å². The van der Waals surface area contributed by atoms with E-state index in [2.05, 4.69) is 22.3 Å². The molecule has 0 bridgehead atoms. The van der Waals surface area contributed by atoms with Gasteiger partial charge in [-0.1, -0.05) is 17.3 Å². The Balaban J connectivity index is 1.65. The van der Waals surface area contributed by atoms with Gasteiger partial charge in [-0.3, -0.25) is 0 Å². The van der Waals surface area contributed by atoms with Gasteiger partial charge in [-0.15, -0.1) is 0 Å². The number of hydrogen-bond donors (Lipinski definition) is 1. The number of hydrogen-bond acceptors (Lipinski definition) is 5. The molecule has 1 unspecified atom stereocenters. The van der Waals surface area contributed by atoms with Crippen LogP contribution < -0.4 is 5.73 Å². The molecular weight excluding hydrogens is 254 g/mol. The van der Waals surface area contributed by atoms with Gasteiger partial charge in [0.1, 0.15) is 0 Å². The number of ether oxygens (including phenoxy) is 1. The third-order valence-corrected chi connectivity index (χ3v) is 4.36. The van der Waals surface area contributed by atoms with Crippen molar-refractivity contribution in [2.24, 2.45) is 0 Å². The van der Waals surface area contributed by atoms with Crippen molar-refractivity contribution in [2.45, 2.75) is 30.6 Å². The third-order valence-electron chi connectivity index (χ3n) is 4.36. The van der Waals surface area contributed by atoms with E-state index in [0.717, 1.165) is 43.3 Å². The Labute approximate surface area is 117 Å². The molecule has 0 radical (unpaired) electrons. The van der Waals surface area contributed by atoms with Gasteiger partial charge in [0.25, 0.3) is 0 Å². The second-order valence-electron chi connectivity index (χ2n) is 5.72. The molecule has 2 N–H and O–H groups in total. The Bertz CT molecular complexity index is 610. The standard InChI is InChI=1S/C15H17N3O2/c16-12-3-1-11(2-4-12)15(6-7-15)14-17-13(18-20-14)10-5-8-19-9-10/h1-4,10H,5-9,16H2. The largest absolute Gasteiger partial charge is 0.399 e. The highest BCUT2D eigenvalue weighted by atomic mass is 16.5. The van der Waals surface area contributed by atoms with E-state index in [0.29, 0.717) is 6.61 Å². The van der Waals surface area contributed by atoms with Crippen LogP contribution in [0.2, 0.25) is 0 Å². The highest BCUT2D eigenvalue weighted by molar-refractivity contribution is 5.46. The molecule has 0 amide bonds.